The van der Waals surface area contributed by atoms with E-state index >= 15 is 0 Å². The van der Waals surface area contributed by atoms with Gasteiger partial charge in [0, 0.05) is 31.5 Å². The van der Waals surface area contributed by atoms with Crippen LogP contribution in [-0.2, 0) is 6.54 Å². The Morgan fingerprint density at radius 3 is 2.71 bits per heavy atom. The van der Waals surface area contributed by atoms with Crippen molar-refractivity contribution in [1.82, 2.24) is 4.98 Å². The molecule has 0 aliphatic rings. The van der Waals surface area contributed by atoms with Gasteiger partial charge < -0.3 is 4.90 Å². The SMILES string of the molecule is CN(Cc1cccc(F)c1)c1ccnc(F)c1. The van der Waals surface area contributed by atoms with E-state index in [4.69, 9.17) is 0 Å². The van der Waals surface area contributed by atoms with Crippen LogP contribution in [0, 0.1) is 11.8 Å². The van der Waals surface area contributed by atoms with Crippen molar-refractivity contribution in [3.8, 4) is 0 Å². The summed E-state index contributed by atoms with van der Waals surface area (Å²) in [6.45, 7) is 0.515. The first-order valence-corrected chi connectivity index (χ1v) is 5.22. The van der Waals surface area contributed by atoms with Gasteiger partial charge in [0.25, 0.3) is 0 Å². The Balaban J connectivity index is 2.14. The van der Waals surface area contributed by atoms with Crippen LogP contribution in [0.2, 0.25) is 0 Å². The minimum absolute atomic E-state index is 0.267. The molecule has 88 valence electrons. The number of anilines is 1. The lowest BCUT2D eigenvalue weighted by atomic mass is 10.2. The Morgan fingerprint density at radius 2 is 2.00 bits per heavy atom. The Labute approximate surface area is 98.5 Å². The summed E-state index contributed by atoms with van der Waals surface area (Å²) >= 11 is 0. The first-order valence-electron chi connectivity index (χ1n) is 5.22. The molecule has 2 aromatic rings. The molecule has 0 atom stereocenters. The molecular formula is C13H12F2N2. The van der Waals surface area contributed by atoms with Crippen LogP contribution in [-0.4, -0.2) is 12.0 Å². The number of nitrogens with zero attached hydrogens (tertiary/aromatic N) is 2. The second-order valence-electron chi connectivity index (χ2n) is 3.82. The van der Waals surface area contributed by atoms with Crippen LogP contribution in [0.3, 0.4) is 0 Å². The van der Waals surface area contributed by atoms with Gasteiger partial charge in [0.1, 0.15) is 5.82 Å². The predicted octanol–water partition coefficient (Wildman–Crippen LogP) is 3.00. The van der Waals surface area contributed by atoms with Crippen molar-refractivity contribution in [1.29, 1.82) is 0 Å². The minimum Gasteiger partial charge on any atom is -0.370 e. The number of aromatic nitrogens is 1. The Hall–Kier alpha value is -1.97. The Bertz CT molecular complexity index is 514. The van der Waals surface area contributed by atoms with Gasteiger partial charge in [-0.3, -0.25) is 0 Å². The summed E-state index contributed by atoms with van der Waals surface area (Å²) in [6.07, 6.45) is 1.41. The van der Waals surface area contributed by atoms with Crippen LogP contribution in [0.25, 0.3) is 0 Å². The van der Waals surface area contributed by atoms with Gasteiger partial charge in [-0.15, -0.1) is 0 Å². The van der Waals surface area contributed by atoms with Crippen molar-refractivity contribution in [3.63, 3.8) is 0 Å². The Kier molecular flexibility index (Phi) is 3.32. The molecule has 0 radical (unpaired) electrons. The molecule has 0 saturated carbocycles. The maximum Gasteiger partial charge on any atom is 0.214 e. The number of pyridine rings is 1. The highest BCUT2D eigenvalue weighted by atomic mass is 19.1. The summed E-state index contributed by atoms with van der Waals surface area (Å²) in [5.74, 6) is -0.787. The number of benzene rings is 1. The van der Waals surface area contributed by atoms with Crippen LogP contribution < -0.4 is 4.90 Å². The van der Waals surface area contributed by atoms with E-state index in [1.807, 2.05) is 18.0 Å². The molecule has 1 aromatic carbocycles. The van der Waals surface area contributed by atoms with Gasteiger partial charge in [-0.2, -0.15) is 4.39 Å². The Morgan fingerprint density at radius 1 is 1.18 bits per heavy atom. The maximum absolute atomic E-state index is 13.0. The van der Waals surface area contributed by atoms with E-state index < -0.39 is 5.95 Å². The lowest BCUT2D eigenvalue weighted by Crippen LogP contribution is -2.16. The smallest absolute Gasteiger partial charge is 0.214 e. The molecule has 2 nitrogen and oxygen atoms in total. The third kappa shape index (κ3) is 3.00. The van der Waals surface area contributed by atoms with Crippen molar-refractivity contribution >= 4 is 5.69 Å². The molecule has 4 heteroatoms. The predicted molar refractivity (Wildman–Crippen MR) is 62.7 cm³/mol. The molecule has 0 unspecified atom stereocenters. The van der Waals surface area contributed by atoms with E-state index in [1.54, 1.807) is 12.1 Å². The van der Waals surface area contributed by atoms with Gasteiger partial charge in [0.15, 0.2) is 0 Å². The molecule has 1 heterocycles. The monoisotopic (exact) mass is 234 g/mol. The third-order valence-electron chi connectivity index (χ3n) is 2.46. The summed E-state index contributed by atoms with van der Waals surface area (Å²) in [4.78, 5) is 5.32. The summed E-state index contributed by atoms with van der Waals surface area (Å²) in [7, 11) is 1.82. The normalized spacial score (nSPS) is 10.3. The van der Waals surface area contributed by atoms with Crippen LogP contribution >= 0.6 is 0 Å². The van der Waals surface area contributed by atoms with Crippen LogP contribution in [0.4, 0.5) is 14.5 Å². The molecule has 0 saturated heterocycles. The number of halogens is 2. The molecule has 0 amide bonds. The molecule has 1 aromatic heterocycles. The van der Waals surface area contributed by atoms with Crippen LogP contribution in [0.15, 0.2) is 42.6 Å². The van der Waals surface area contributed by atoms with Gasteiger partial charge in [-0.25, -0.2) is 9.37 Å². The molecule has 0 aliphatic heterocycles. The standard InChI is InChI=1S/C13H12F2N2/c1-17(12-5-6-16-13(15)8-12)9-10-3-2-4-11(14)7-10/h2-8H,9H2,1H3. The average Bonchev–Trinajstić information content (AvgIpc) is 2.29. The molecule has 0 N–H and O–H groups in total. The molecule has 0 bridgehead atoms. The number of rotatable bonds is 3. The van der Waals surface area contributed by atoms with Crippen LogP contribution in [0.5, 0.6) is 0 Å². The van der Waals surface area contributed by atoms with Crippen molar-refractivity contribution in [2.24, 2.45) is 0 Å². The molecule has 0 fully saturated rings. The van der Waals surface area contributed by atoms with E-state index in [2.05, 4.69) is 4.98 Å². The minimum atomic E-state index is -0.520. The fourth-order valence-corrected chi connectivity index (χ4v) is 1.63. The van der Waals surface area contributed by atoms with Crippen molar-refractivity contribution in [3.05, 3.63) is 59.9 Å². The molecule has 0 aliphatic carbocycles. The maximum atomic E-state index is 13.0. The second-order valence-corrected chi connectivity index (χ2v) is 3.82. The topological polar surface area (TPSA) is 16.1 Å². The van der Waals surface area contributed by atoms with E-state index in [1.165, 1.54) is 24.4 Å². The van der Waals surface area contributed by atoms with Gasteiger partial charge in [0.2, 0.25) is 5.95 Å². The molecule has 0 spiro atoms. The first kappa shape index (κ1) is 11.5. The first-order chi connectivity index (χ1) is 8.15. The fourth-order valence-electron chi connectivity index (χ4n) is 1.63. The highest BCUT2D eigenvalue weighted by Crippen LogP contribution is 2.15. The van der Waals surface area contributed by atoms with Gasteiger partial charge in [-0.1, -0.05) is 12.1 Å². The summed E-state index contributed by atoms with van der Waals surface area (Å²) in [5, 5.41) is 0. The van der Waals surface area contributed by atoms with Gasteiger partial charge in [-0.05, 0) is 23.8 Å². The molecule has 2 rings (SSSR count). The van der Waals surface area contributed by atoms with Gasteiger partial charge >= 0.3 is 0 Å². The van der Waals surface area contributed by atoms with E-state index in [0.717, 1.165) is 5.56 Å². The van der Waals surface area contributed by atoms with Crippen molar-refractivity contribution in [2.45, 2.75) is 6.54 Å². The zero-order chi connectivity index (χ0) is 12.3. The van der Waals surface area contributed by atoms with Crippen molar-refractivity contribution < 1.29 is 8.78 Å². The summed E-state index contributed by atoms with van der Waals surface area (Å²) in [6, 6.07) is 9.41. The summed E-state index contributed by atoms with van der Waals surface area (Å²) in [5.41, 5.74) is 1.55. The average molecular weight is 234 g/mol. The van der Waals surface area contributed by atoms with E-state index in [-0.39, 0.29) is 5.82 Å². The van der Waals surface area contributed by atoms with Gasteiger partial charge in [0.05, 0.1) is 0 Å². The molecular weight excluding hydrogens is 222 g/mol. The largest absolute Gasteiger partial charge is 0.370 e. The third-order valence-corrected chi connectivity index (χ3v) is 2.46. The quantitative estimate of drug-likeness (QED) is 0.759. The van der Waals surface area contributed by atoms with Crippen molar-refractivity contribution in [2.75, 3.05) is 11.9 Å². The highest BCUT2D eigenvalue weighted by Gasteiger charge is 2.04. The van der Waals surface area contributed by atoms with E-state index in [9.17, 15) is 8.78 Å². The summed E-state index contributed by atoms with van der Waals surface area (Å²) < 4.78 is 25.9. The second kappa shape index (κ2) is 4.91. The van der Waals surface area contributed by atoms with E-state index in [0.29, 0.717) is 12.2 Å². The zero-order valence-electron chi connectivity index (χ0n) is 9.40. The van der Waals surface area contributed by atoms with Crippen LogP contribution in [0.1, 0.15) is 5.56 Å². The lowest BCUT2D eigenvalue weighted by Gasteiger charge is -2.19. The lowest BCUT2D eigenvalue weighted by molar-refractivity contribution is 0.583. The number of hydrogen-bond donors (Lipinski definition) is 0. The highest BCUT2D eigenvalue weighted by molar-refractivity contribution is 5.44. The molecule has 17 heavy (non-hydrogen) atoms. The number of hydrogen-bond acceptors (Lipinski definition) is 2. The fraction of sp³-hybridized carbons (Fsp3) is 0.154. The zero-order valence-corrected chi connectivity index (χ0v) is 9.40.